The highest BCUT2D eigenvalue weighted by molar-refractivity contribution is 7.92. The van der Waals surface area contributed by atoms with E-state index < -0.39 is 26.1 Å². The number of halogens is 3. The fourth-order valence-electron chi connectivity index (χ4n) is 1.07. The minimum atomic E-state index is -5.34. The number of nitrogens with two attached hydrogens (primary N) is 1. The average Bonchev–Trinajstić information content (AvgIpc) is 2.25. The normalized spacial score (nSPS) is 12.2. The van der Waals surface area contributed by atoms with Gasteiger partial charge in [0.15, 0.2) is 0 Å². The second kappa shape index (κ2) is 4.84. The fourth-order valence-corrected chi connectivity index (χ4v) is 1.84. The lowest BCUT2D eigenvalue weighted by molar-refractivity contribution is -0.116. The van der Waals surface area contributed by atoms with E-state index in [1.165, 1.54) is 0 Å². The van der Waals surface area contributed by atoms with Crippen LogP contribution in [0, 0.1) is 0 Å². The number of alkyl halides is 3. The van der Waals surface area contributed by atoms with Crippen molar-refractivity contribution >= 4 is 21.4 Å². The van der Waals surface area contributed by atoms with Crippen LogP contribution in [0.3, 0.4) is 0 Å². The van der Waals surface area contributed by atoms with Crippen molar-refractivity contribution in [3.63, 3.8) is 0 Å². The number of hydrogen-bond acceptors (Lipinski definition) is 4. The first-order valence-electron chi connectivity index (χ1n) is 4.58. The van der Waals surface area contributed by atoms with Crippen molar-refractivity contribution in [3.8, 4) is 0 Å². The SMILES string of the molecule is NC(=O)CNc1ccc(S(=O)(=O)C(F)(F)F)cc1. The van der Waals surface area contributed by atoms with Crippen molar-refractivity contribution in [3.05, 3.63) is 24.3 Å². The van der Waals surface area contributed by atoms with E-state index in [1.54, 1.807) is 0 Å². The number of carbonyl (C=O) groups is 1. The van der Waals surface area contributed by atoms with Crippen molar-refractivity contribution in [1.82, 2.24) is 0 Å². The topological polar surface area (TPSA) is 89.3 Å². The van der Waals surface area contributed by atoms with Gasteiger partial charge in [-0.05, 0) is 24.3 Å². The monoisotopic (exact) mass is 282 g/mol. The van der Waals surface area contributed by atoms with Gasteiger partial charge < -0.3 is 11.1 Å². The first kappa shape index (κ1) is 14.3. The number of hydrogen-bond donors (Lipinski definition) is 2. The van der Waals surface area contributed by atoms with Gasteiger partial charge in [0.05, 0.1) is 11.4 Å². The molecule has 3 N–H and O–H groups in total. The third-order valence-electron chi connectivity index (χ3n) is 1.94. The maximum Gasteiger partial charge on any atom is 0.501 e. The largest absolute Gasteiger partial charge is 0.501 e. The number of benzene rings is 1. The molecule has 0 saturated heterocycles. The predicted octanol–water partition coefficient (Wildman–Crippen LogP) is 0.877. The average molecular weight is 282 g/mol. The lowest BCUT2D eigenvalue weighted by Crippen LogP contribution is -2.23. The molecule has 100 valence electrons. The van der Waals surface area contributed by atoms with Crippen LogP contribution in [0.5, 0.6) is 0 Å². The molecule has 0 heterocycles. The molecule has 0 saturated carbocycles. The Balaban J connectivity index is 2.93. The van der Waals surface area contributed by atoms with Crippen LogP contribution in [-0.4, -0.2) is 26.4 Å². The Kier molecular flexibility index (Phi) is 3.85. The molecule has 0 aliphatic rings. The van der Waals surface area contributed by atoms with E-state index >= 15 is 0 Å². The van der Waals surface area contributed by atoms with Crippen molar-refractivity contribution in [2.24, 2.45) is 5.73 Å². The molecule has 1 aromatic carbocycles. The number of primary amides is 1. The van der Waals surface area contributed by atoms with Gasteiger partial charge in [0.1, 0.15) is 0 Å². The first-order valence-corrected chi connectivity index (χ1v) is 6.06. The highest BCUT2D eigenvalue weighted by atomic mass is 32.2. The summed E-state index contributed by atoms with van der Waals surface area (Å²) in [6, 6.07) is 3.82. The van der Waals surface area contributed by atoms with E-state index in [-0.39, 0.29) is 12.2 Å². The summed E-state index contributed by atoms with van der Waals surface area (Å²) in [7, 11) is -5.34. The molecule has 9 heteroatoms. The molecule has 0 atom stereocenters. The van der Waals surface area contributed by atoms with Gasteiger partial charge in [-0.2, -0.15) is 13.2 Å². The summed E-state index contributed by atoms with van der Waals surface area (Å²) in [6.07, 6.45) is 0. The number of sulfone groups is 1. The molecule has 0 fully saturated rings. The smallest absolute Gasteiger partial charge is 0.376 e. The summed E-state index contributed by atoms with van der Waals surface area (Å²) in [6.45, 7) is -0.203. The molecule has 0 bridgehead atoms. The number of anilines is 1. The van der Waals surface area contributed by atoms with E-state index in [0.717, 1.165) is 24.3 Å². The van der Waals surface area contributed by atoms with Crippen molar-refractivity contribution in [2.75, 3.05) is 11.9 Å². The van der Waals surface area contributed by atoms with Crippen molar-refractivity contribution in [2.45, 2.75) is 10.4 Å². The zero-order valence-corrected chi connectivity index (χ0v) is 9.68. The Morgan fingerprint density at radius 3 is 2.11 bits per heavy atom. The summed E-state index contributed by atoms with van der Waals surface area (Å²) < 4.78 is 58.6. The third-order valence-corrected chi connectivity index (χ3v) is 3.44. The van der Waals surface area contributed by atoms with Crippen LogP contribution >= 0.6 is 0 Å². The molecule has 0 aliphatic carbocycles. The minimum Gasteiger partial charge on any atom is -0.376 e. The van der Waals surface area contributed by atoms with Crippen LogP contribution in [0.1, 0.15) is 0 Å². The summed E-state index contributed by atoms with van der Waals surface area (Å²) in [5.74, 6) is -0.651. The standard InChI is InChI=1S/C9H9F3N2O3S/c10-9(11,12)18(16,17)7-3-1-6(2-4-7)14-5-8(13)15/h1-4,14H,5H2,(H2,13,15). The maximum atomic E-state index is 12.2. The van der Waals surface area contributed by atoms with Gasteiger partial charge in [0.25, 0.3) is 9.84 Å². The molecule has 0 radical (unpaired) electrons. The van der Waals surface area contributed by atoms with Gasteiger partial charge >= 0.3 is 5.51 Å². The molecule has 1 rings (SSSR count). The molecule has 0 unspecified atom stereocenters. The second-order valence-corrected chi connectivity index (χ2v) is 5.23. The Labute approximate surface area is 101 Å². The Bertz CT molecular complexity index is 537. The molecule has 0 spiro atoms. The lowest BCUT2D eigenvalue weighted by Gasteiger charge is -2.09. The van der Waals surface area contributed by atoms with Crippen LogP contribution in [0.4, 0.5) is 18.9 Å². The van der Waals surface area contributed by atoms with Crippen LogP contribution < -0.4 is 11.1 Å². The zero-order chi connectivity index (χ0) is 14.0. The summed E-state index contributed by atoms with van der Waals surface area (Å²) >= 11 is 0. The van der Waals surface area contributed by atoms with Gasteiger partial charge in [0, 0.05) is 5.69 Å². The van der Waals surface area contributed by atoms with Gasteiger partial charge in [-0.15, -0.1) is 0 Å². The van der Waals surface area contributed by atoms with E-state index in [2.05, 4.69) is 5.32 Å². The predicted molar refractivity (Wildman–Crippen MR) is 57.4 cm³/mol. The minimum absolute atomic E-state index is 0.203. The molecule has 18 heavy (non-hydrogen) atoms. The van der Waals surface area contributed by atoms with Crippen molar-refractivity contribution < 1.29 is 26.4 Å². The van der Waals surface area contributed by atoms with Crippen molar-refractivity contribution in [1.29, 1.82) is 0 Å². The number of amides is 1. The van der Waals surface area contributed by atoms with Gasteiger partial charge in [0.2, 0.25) is 5.91 Å². The van der Waals surface area contributed by atoms with Crippen LogP contribution in [0.25, 0.3) is 0 Å². The van der Waals surface area contributed by atoms with E-state index in [1.807, 2.05) is 0 Å². The second-order valence-electron chi connectivity index (χ2n) is 3.29. The fraction of sp³-hybridized carbons (Fsp3) is 0.222. The Morgan fingerprint density at radius 1 is 1.22 bits per heavy atom. The van der Waals surface area contributed by atoms with Crippen LogP contribution in [0.2, 0.25) is 0 Å². The van der Waals surface area contributed by atoms with E-state index in [4.69, 9.17) is 5.73 Å². The molecule has 0 aromatic heterocycles. The highest BCUT2D eigenvalue weighted by Crippen LogP contribution is 2.30. The summed E-state index contributed by atoms with van der Waals surface area (Å²) in [5, 5.41) is 2.51. The summed E-state index contributed by atoms with van der Waals surface area (Å²) in [4.78, 5) is 9.58. The number of rotatable bonds is 4. The lowest BCUT2D eigenvalue weighted by atomic mass is 10.3. The Hall–Kier alpha value is -1.77. The van der Waals surface area contributed by atoms with Gasteiger partial charge in [-0.25, -0.2) is 8.42 Å². The zero-order valence-electron chi connectivity index (χ0n) is 8.86. The molecule has 1 aromatic rings. The molecular formula is C9H9F3N2O3S. The molecular weight excluding hydrogens is 273 g/mol. The number of nitrogens with one attached hydrogen (secondary N) is 1. The Morgan fingerprint density at radius 2 is 1.72 bits per heavy atom. The van der Waals surface area contributed by atoms with Gasteiger partial charge in [-0.3, -0.25) is 4.79 Å². The molecule has 0 aliphatic heterocycles. The maximum absolute atomic E-state index is 12.2. The van der Waals surface area contributed by atoms with E-state index in [9.17, 15) is 26.4 Å². The summed E-state index contributed by atoms with van der Waals surface area (Å²) in [5.41, 5.74) is -0.201. The third kappa shape index (κ3) is 3.13. The van der Waals surface area contributed by atoms with Gasteiger partial charge in [-0.1, -0.05) is 0 Å². The highest BCUT2D eigenvalue weighted by Gasteiger charge is 2.46. The molecule has 5 nitrogen and oxygen atoms in total. The molecule has 1 amide bonds. The van der Waals surface area contributed by atoms with Crippen LogP contribution in [-0.2, 0) is 14.6 Å². The number of carbonyl (C=O) groups excluding carboxylic acids is 1. The first-order chi connectivity index (χ1) is 8.14. The van der Waals surface area contributed by atoms with E-state index in [0.29, 0.717) is 0 Å². The quantitative estimate of drug-likeness (QED) is 0.857. The van der Waals surface area contributed by atoms with Crippen LogP contribution in [0.15, 0.2) is 29.2 Å².